The second kappa shape index (κ2) is 4.91. The van der Waals surface area contributed by atoms with Gasteiger partial charge in [0.25, 0.3) is 0 Å². The minimum Gasteiger partial charge on any atom is -0.379 e. The summed E-state index contributed by atoms with van der Waals surface area (Å²) in [7, 11) is 0. The Kier molecular flexibility index (Phi) is 4.02. The summed E-state index contributed by atoms with van der Waals surface area (Å²) in [5.41, 5.74) is -0.267. The molecule has 1 rings (SSSR count). The summed E-state index contributed by atoms with van der Waals surface area (Å²) in [6.07, 6.45) is -2.73. The minimum atomic E-state index is -4.35. The lowest BCUT2D eigenvalue weighted by molar-refractivity contribution is -0.138. The van der Waals surface area contributed by atoms with E-state index in [2.05, 4.69) is 27.8 Å². The zero-order valence-electron chi connectivity index (χ0n) is 8.61. The van der Waals surface area contributed by atoms with Gasteiger partial charge >= 0.3 is 6.18 Å². The van der Waals surface area contributed by atoms with Gasteiger partial charge in [-0.2, -0.15) is 13.2 Å². The number of halogens is 4. The summed E-state index contributed by atoms with van der Waals surface area (Å²) in [6.45, 7) is 5.36. The lowest BCUT2D eigenvalue weighted by atomic mass is 10.2. The van der Waals surface area contributed by atoms with E-state index in [-0.39, 0.29) is 10.5 Å². The van der Waals surface area contributed by atoms with Crippen LogP contribution in [0.15, 0.2) is 35.3 Å². The Hall–Kier alpha value is -0.970. The van der Waals surface area contributed by atoms with Crippen molar-refractivity contribution in [1.29, 1.82) is 0 Å². The van der Waals surface area contributed by atoms with Crippen LogP contribution in [-0.4, -0.2) is 6.04 Å². The number of benzene rings is 1. The van der Waals surface area contributed by atoms with Gasteiger partial charge in [0.2, 0.25) is 0 Å². The molecule has 1 nitrogen and oxygen atoms in total. The standard InChI is InChI=1S/C11H11BrF3N/c1-3-7(2)16-8-4-5-10(12)9(6-8)11(13,14)15/h3-7,16H,1H2,2H3. The molecular weight excluding hydrogens is 283 g/mol. The number of rotatable bonds is 3. The summed E-state index contributed by atoms with van der Waals surface area (Å²) in [5, 5.41) is 2.89. The minimum absolute atomic E-state index is 0.0387. The van der Waals surface area contributed by atoms with Gasteiger partial charge in [-0.05, 0) is 25.1 Å². The fraction of sp³-hybridized carbons (Fsp3) is 0.273. The van der Waals surface area contributed by atoms with Gasteiger partial charge in [0, 0.05) is 16.2 Å². The van der Waals surface area contributed by atoms with Crippen LogP contribution >= 0.6 is 15.9 Å². The van der Waals surface area contributed by atoms with Crippen LogP contribution < -0.4 is 5.32 Å². The lowest BCUT2D eigenvalue weighted by Crippen LogP contribution is -2.13. The molecule has 0 saturated carbocycles. The van der Waals surface area contributed by atoms with E-state index in [1.807, 2.05) is 6.92 Å². The molecule has 0 saturated heterocycles. The van der Waals surface area contributed by atoms with Gasteiger partial charge in [-0.15, -0.1) is 6.58 Å². The SMILES string of the molecule is C=CC(C)Nc1ccc(Br)c(C(F)(F)F)c1. The third-order valence-corrected chi connectivity index (χ3v) is 2.71. The summed E-state index contributed by atoms with van der Waals surface area (Å²) in [6, 6.07) is 3.95. The third kappa shape index (κ3) is 3.27. The van der Waals surface area contributed by atoms with Crippen molar-refractivity contribution in [3.63, 3.8) is 0 Å². The number of hydrogen-bond donors (Lipinski definition) is 1. The van der Waals surface area contributed by atoms with Crippen LogP contribution in [-0.2, 0) is 6.18 Å². The summed E-state index contributed by atoms with van der Waals surface area (Å²) in [5.74, 6) is 0. The summed E-state index contributed by atoms with van der Waals surface area (Å²) >= 11 is 2.88. The van der Waals surface area contributed by atoms with Gasteiger partial charge in [-0.1, -0.05) is 22.0 Å². The zero-order valence-corrected chi connectivity index (χ0v) is 10.2. The normalized spacial score (nSPS) is 13.3. The molecule has 0 aliphatic heterocycles. The molecule has 16 heavy (non-hydrogen) atoms. The highest BCUT2D eigenvalue weighted by Crippen LogP contribution is 2.36. The van der Waals surface area contributed by atoms with E-state index in [4.69, 9.17) is 0 Å². The largest absolute Gasteiger partial charge is 0.417 e. The molecule has 0 heterocycles. The number of anilines is 1. The number of alkyl halides is 3. The van der Waals surface area contributed by atoms with Crippen molar-refractivity contribution < 1.29 is 13.2 Å². The van der Waals surface area contributed by atoms with Crippen molar-refractivity contribution in [3.8, 4) is 0 Å². The van der Waals surface area contributed by atoms with Crippen molar-refractivity contribution in [3.05, 3.63) is 40.9 Å². The second-order valence-corrected chi connectivity index (χ2v) is 4.22. The number of nitrogens with one attached hydrogen (secondary N) is 1. The molecule has 0 aromatic heterocycles. The summed E-state index contributed by atoms with van der Waals surface area (Å²) < 4.78 is 37.7. The van der Waals surface area contributed by atoms with Gasteiger partial charge in [0.15, 0.2) is 0 Å². The smallest absolute Gasteiger partial charge is 0.379 e. The first-order valence-corrected chi connectivity index (χ1v) is 5.39. The van der Waals surface area contributed by atoms with E-state index in [1.165, 1.54) is 6.07 Å². The van der Waals surface area contributed by atoms with E-state index >= 15 is 0 Å². The topological polar surface area (TPSA) is 12.0 Å². The second-order valence-electron chi connectivity index (χ2n) is 3.36. The van der Waals surface area contributed by atoms with E-state index in [1.54, 1.807) is 12.1 Å². The molecule has 0 radical (unpaired) electrons. The molecule has 0 spiro atoms. The molecular formula is C11H11BrF3N. The first-order valence-electron chi connectivity index (χ1n) is 4.60. The van der Waals surface area contributed by atoms with E-state index in [0.29, 0.717) is 5.69 Å². The molecule has 0 fully saturated rings. The Morgan fingerprint density at radius 1 is 1.44 bits per heavy atom. The van der Waals surface area contributed by atoms with E-state index in [9.17, 15) is 13.2 Å². The molecule has 0 aliphatic carbocycles. The van der Waals surface area contributed by atoms with Crippen LogP contribution in [0.5, 0.6) is 0 Å². The van der Waals surface area contributed by atoms with Crippen molar-refractivity contribution in [1.82, 2.24) is 0 Å². The maximum absolute atomic E-state index is 12.6. The average molecular weight is 294 g/mol. The Labute approximate surface area is 100 Å². The Morgan fingerprint density at radius 2 is 2.06 bits per heavy atom. The van der Waals surface area contributed by atoms with Crippen LogP contribution in [0.3, 0.4) is 0 Å². The van der Waals surface area contributed by atoms with Gasteiger partial charge in [-0.3, -0.25) is 0 Å². The predicted molar refractivity (Wildman–Crippen MR) is 62.4 cm³/mol. The molecule has 5 heteroatoms. The molecule has 1 aromatic carbocycles. The number of hydrogen-bond acceptors (Lipinski definition) is 1. The molecule has 88 valence electrons. The molecule has 1 aromatic rings. The first kappa shape index (κ1) is 13.1. The highest BCUT2D eigenvalue weighted by molar-refractivity contribution is 9.10. The van der Waals surface area contributed by atoms with Gasteiger partial charge < -0.3 is 5.32 Å². The maximum Gasteiger partial charge on any atom is 0.417 e. The fourth-order valence-corrected chi connectivity index (χ4v) is 1.63. The highest BCUT2D eigenvalue weighted by Gasteiger charge is 2.33. The molecule has 0 aliphatic rings. The monoisotopic (exact) mass is 293 g/mol. The first-order chi connectivity index (χ1) is 7.34. The zero-order chi connectivity index (χ0) is 12.3. The highest BCUT2D eigenvalue weighted by atomic mass is 79.9. The third-order valence-electron chi connectivity index (χ3n) is 2.02. The van der Waals surface area contributed by atoms with Crippen molar-refractivity contribution >= 4 is 21.6 Å². The lowest BCUT2D eigenvalue weighted by Gasteiger charge is -2.14. The van der Waals surface area contributed by atoms with Gasteiger partial charge in [0.05, 0.1) is 5.56 Å². The van der Waals surface area contributed by atoms with Gasteiger partial charge in [0.1, 0.15) is 0 Å². The van der Waals surface area contributed by atoms with Crippen LogP contribution in [0, 0.1) is 0 Å². The molecule has 1 N–H and O–H groups in total. The predicted octanol–water partition coefficient (Wildman–Crippen LogP) is 4.45. The Bertz CT molecular complexity index is 387. The van der Waals surface area contributed by atoms with Crippen molar-refractivity contribution in [2.24, 2.45) is 0 Å². The molecule has 1 atom stereocenters. The van der Waals surface area contributed by atoms with Crippen LogP contribution in [0.1, 0.15) is 12.5 Å². The van der Waals surface area contributed by atoms with Crippen LogP contribution in [0.25, 0.3) is 0 Å². The van der Waals surface area contributed by atoms with E-state index < -0.39 is 11.7 Å². The fourth-order valence-electron chi connectivity index (χ4n) is 1.15. The molecule has 0 amide bonds. The van der Waals surface area contributed by atoms with Crippen molar-refractivity contribution in [2.75, 3.05) is 5.32 Å². The molecule has 1 unspecified atom stereocenters. The maximum atomic E-state index is 12.6. The average Bonchev–Trinajstić information content (AvgIpc) is 2.19. The van der Waals surface area contributed by atoms with Crippen molar-refractivity contribution in [2.45, 2.75) is 19.1 Å². The van der Waals surface area contributed by atoms with E-state index in [0.717, 1.165) is 6.07 Å². The van der Waals surface area contributed by atoms with Crippen LogP contribution in [0.2, 0.25) is 0 Å². The van der Waals surface area contributed by atoms with Crippen LogP contribution in [0.4, 0.5) is 18.9 Å². The van der Waals surface area contributed by atoms with Gasteiger partial charge in [-0.25, -0.2) is 0 Å². The molecule has 0 bridgehead atoms. The Morgan fingerprint density at radius 3 is 2.56 bits per heavy atom. The summed E-state index contributed by atoms with van der Waals surface area (Å²) in [4.78, 5) is 0. The Balaban J connectivity index is 3.03. The quantitative estimate of drug-likeness (QED) is 0.812.